The van der Waals surface area contributed by atoms with Crippen LogP contribution in [-0.2, 0) is 4.79 Å². The average Bonchev–Trinajstić information content (AvgIpc) is 2.69. The van der Waals surface area contributed by atoms with Crippen molar-refractivity contribution in [1.82, 2.24) is 0 Å². The fourth-order valence-corrected chi connectivity index (χ4v) is 4.35. The van der Waals surface area contributed by atoms with Gasteiger partial charge in [-0.2, -0.15) is 0 Å². The van der Waals surface area contributed by atoms with E-state index in [-0.39, 0.29) is 11.3 Å². The number of carboxylic acid groups (broad SMARTS) is 1. The molecule has 26 heavy (non-hydrogen) atoms. The van der Waals surface area contributed by atoms with E-state index in [0.717, 1.165) is 12.8 Å². The highest BCUT2D eigenvalue weighted by Gasteiger charge is 2.41. The number of hydrogen-bond donors (Lipinski definition) is 1. The molecule has 3 atom stereocenters. The Kier molecular flexibility index (Phi) is 7.02. The number of carboxylic acids is 1. The Morgan fingerprint density at radius 3 is 1.65 bits per heavy atom. The maximum Gasteiger partial charge on any atom is 0.306 e. The van der Waals surface area contributed by atoms with Crippen LogP contribution in [0.2, 0.25) is 0 Å². The molecule has 0 bridgehead atoms. The van der Waals surface area contributed by atoms with Gasteiger partial charge in [0.05, 0.1) is 5.92 Å². The van der Waals surface area contributed by atoms with E-state index in [2.05, 4.69) is 81.4 Å². The molecule has 1 N–H and O–H groups in total. The zero-order chi connectivity index (χ0) is 19.2. The molecule has 0 aliphatic heterocycles. The molecule has 0 aliphatic rings. The fourth-order valence-electron chi connectivity index (χ4n) is 4.35. The van der Waals surface area contributed by atoms with Crippen LogP contribution < -0.4 is 0 Å². The highest BCUT2D eigenvalue weighted by molar-refractivity contribution is 5.69. The average molecular weight is 353 g/mol. The van der Waals surface area contributed by atoms with Crippen molar-refractivity contribution < 1.29 is 9.90 Å². The van der Waals surface area contributed by atoms with Crippen LogP contribution in [0.15, 0.2) is 60.7 Å². The van der Waals surface area contributed by atoms with E-state index in [1.807, 2.05) is 6.92 Å². The van der Waals surface area contributed by atoms with Crippen molar-refractivity contribution in [3.8, 4) is 0 Å². The molecule has 0 radical (unpaired) electrons. The highest BCUT2D eigenvalue weighted by Crippen LogP contribution is 2.52. The third-order valence-corrected chi connectivity index (χ3v) is 6.45. The molecule has 0 amide bonds. The van der Waals surface area contributed by atoms with Gasteiger partial charge in [0.2, 0.25) is 0 Å². The summed E-state index contributed by atoms with van der Waals surface area (Å²) in [6.45, 7) is 8.70. The lowest BCUT2D eigenvalue weighted by molar-refractivity contribution is -0.141. The molecule has 3 unspecified atom stereocenters. The van der Waals surface area contributed by atoms with Gasteiger partial charge in [-0.05, 0) is 47.6 Å². The smallest absolute Gasteiger partial charge is 0.306 e. The second kappa shape index (κ2) is 9.02. The second-order valence-corrected chi connectivity index (χ2v) is 7.63. The van der Waals surface area contributed by atoms with Crippen molar-refractivity contribution in [2.24, 2.45) is 11.3 Å². The molecule has 0 saturated carbocycles. The Labute approximate surface area is 158 Å². The fraction of sp³-hybridized carbons (Fsp3) is 0.458. The first-order valence-corrected chi connectivity index (χ1v) is 9.75. The number of carbonyl (C=O) groups is 1. The second-order valence-electron chi connectivity index (χ2n) is 7.63. The zero-order valence-electron chi connectivity index (χ0n) is 16.5. The van der Waals surface area contributed by atoms with Crippen molar-refractivity contribution in [3.63, 3.8) is 0 Å². The molecule has 0 fully saturated rings. The predicted molar refractivity (Wildman–Crippen MR) is 108 cm³/mol. The summed E-state index contributed by atoms with van der Waals surface area (Å²) in [7, 11) is 0. The standard InChI is InChI=1S/C24H32O2/c1-5-24(17-16-18(2)23(25)26,19(3)21-12-8-6-9-13-21)20(4)22-14-10-7-11-15-22/h6-15,18-20H,5,16-17H2,1-4H3,(H,25,26). The Bertz CT molecular complexity index is 632. The molecule has 140 valence electrons. The molecular formula is C24H32O2. The van der Waals surface area contributed by atoms with E-state index in [9.17, 15) is 9.90 Å². The molecular weight excluding hydrogens is 320 g/mol. The van der Waals surface area contributed by atoms with Crippen LogP contribution >= 0.6 is 0 Å². The number of aliphatic carboxylic acids is 1. The summed E-state index contributed by atoms with van der Waals surface area (Å²) in [5, 5.41) is 9.36. The molecule has 2 nitrogen and oxygen atoms in total. The molecule has 2 aromatic rings. The first-order valence-electron chi connectivity index (χ1n) is 9.75. The van der Waals surface area contributed by atoms with E-state index in [0.29, 0.717) is 18.3 Å². The molecule has 2 rings (SSSR count). The lowest BCUT2D eigenvalue weighted by atomic mass is 9.59. The van der Waals surface area contributed by atoms with Gasteiger partial charge >= 0.3 is 5.97 Å². The molecule has 0 saturated heterocycles. The van der Waals surface area contributed by atoms with Crippen LogP contribution in [0.4, 0.5) is 0 Å². The van der Waals surface area contributed by atoms with Crippen LogP contribution in [0.3, 0.4) is 0 Å². The minimum absolute atomic E-state index is 0.0203. The van der Waals surface area contributed by atoms with Crippen molar-refractivity contribution in [1.29, 1.82) is 0 Å². The van der Waals surface area contributed by atoms with E-state index in [1.165, 1.54) is 11.1 Å². The molecule has 0 aromatic heterocycles. The summed E-state index contributed by atoms with van der Waals surface area (Å²) in [6, 6.07) is 21.3. The molecule has 0 heterocycles. The normalized spacial score (nSPS) is 17.1. The summed E-state index contributed by atoms with van der Waals surface area (Å²) < 4.78 is 0. The first-order chi connectivity index (χ1) is 12.4. The van der Waals surface area contributed by atoms with E-state index < -0.39 is 5.97 Å². The quantitative estimate of drug-likeness (QED) is 0.560. The van der Waals surface area contributed by atoms with Gasteiger partial charge in [-0.3, -0.25) is 4.79 Å². The summed E-state index contributed by atoms with van der Waals surface area (Å²) in [5.74, 6) is -0.309. The monoisotopic (exact) mass is 352 g/mol. The van der Waals surface area contributed by atoms with E-state index >= 15 is 0 Å². The lowest BCUT2D eigenvalue weighted by Gasteiger charge is -2.45. The van der Waals surface area contributed by atoms with Gasteiger partial charge in [-0.25, -0.2) is 0 Å². The van der Waals surface area contributed by atoms with Gasteiger partial charge in [0, 0.05) is 0 Å². The van der Waals surface area contributed by atoms with Gasteiger partial charge in [0.1, 0.15) is 0 Å². The SMILES string of the molecule is CCC(CCC(C)C(=O)O)(C(C)c1ccccc1)C(C)c1ccccc1. The Hall–Kier alpha value is -2.09. The number of rotatable bonds is 9. The maximum absolute atomic E-state index is 11.4. The Morgan fingerprint density at radius 2 is 1.31 bits per heavy atom. The van der Waals surface area contributed by atoms with Crippen LogP contribution in [0, 0.1) is 11.3 Å². The number of benzene rings is 2. The summed E-state index contributed by atoms with van der Waals surface area (Å²) in [4.78, 5) is 11.4. The van der Waals surface area contributed by atoms with E-state index in [1.54, 1.807) is 0 Å². The first kappa shape index (κ1) is 20.2. The molecule has 0 spiro atoms. The van der Waals surface area contributed by atoms with Crippen molar-refractivity contribution in [3.05, 3.63) is 71.8 Å². The third kappa shape index (κ3) is 4.35. The Morgan fingerprint density at radius 1 is 0.885 bits per heavy atom. The number of hydrogen-bond acceptors (Lipinski definition) is 1. The van der Waals surface area contributed by atoms with Gasteiger partial charge in [-0.15, -0.1) is 0 Å². The van der Waals surface area contributed by atoms with Crippen LogP contribution in [0.1, 0.15) is 69.9 Å². The maximum atomic E-state index is 11.4. The van der Waals surface area contributed by atoms with Crippen LogP contribution in [-0.4, -0.2) is 11.1 Å². The lowest BCUT2D eigenvalue weighted by Crippen LogP contribution is -2.34. The van der Waals surface area contributed by atoms with Crippen molar-refractivity contribution in [2.75, 3.05) is 0 Å². The Balaban J connectivity index is 2.42. The molecule has 0 aliphatic carbocycles. The van der Waals surface area contributed by atoms with Gasteiger partial charge in [0.25, 0.3) is 0 Å². The van der Waals surface area contributed by atoms with Crippen molar-refractivity contribution in [2.45, 2.75) is 58.8 Å². The minimum atomic E-state index is -0.699. The highest BCUT2D eigenvalue weighted by atomic mass is 16.4. The summed E-state index contributed by atoms with van der Waals surface area (Å²) in [5.41, 5.74) is 2.69. The predicted octanol–water partition coefficient (Wildman–Crippen LogP) is 6.49. The zero-order valence-corrected chi connectivity index (χ0v) is 16.5. The minimum Gasteiger partial charge on any atom is -0.481 e. The largest absolute Gasteiger partial charge is 0.481 e. The summed E-state index contributed by atoms with van der Waals surface area (Å²) in [6.07, 6.45) is 2.63. The molecule has 2 aromatic carbocycles. The van der Waals surface area contributed by atoms with E-state index in [4.69, 9.17) is 0 Å². The van der Waals surface area contributed by atoms with Gasteiger partial charge in [-0.1, -0.05) is 88.4 Å². The van der Waals surface area contributed by atoms with Gasteiger partial charge < -0.3 is 5.11 Å². The van der Waals surface area contributed by atoms with Crippen LogP contribution in [0.25, 0.3) is 0 Å². The topological polar surface area (TPSA) is 37.3 Å². The van der Waals surface area contributed by atoms with Gasteiger partial charge in [0.15, 0.2) is 0 Å². The summed E-state index contributed by atoms with van der Waals surface area (Å²) >= 11 is 0. The van der Waals surface area contributed by atoms with Crippen molar-refractivity contribution >= 4 is 5.97 Å². The van der Waals surface area contributed by atoms with Crippen LogP contribution in [0.5, 0.6) is 0 Å². The third-order valence-electron chi connectivity index (χ3n) is 6.45. The molecule has 2 heteroatoms.